The molecule has 0 spiro atoms. The molecular weight excluding hydrogens is 460 g/mol. The molecule has 1 aromatic heterocycles. The van der Waals surface area contributed by atoms with Gasteiger partial charge in [-0.1, -0.05) is 34.1 Å². The Morgan fingerprint density at radius 1 is 0.952 bits per heavy atom. The Balaban J connectivity index is 1.91. The first-order valence-corrected chi connectivity index (χ1v) is 8.74. The van der Waals surface area contributed by atoms with Crippen molar-refractivity contribution in [2.75, 3.05) is 5.32 Å². The SMILES string of the molecule is Brc1cc(Br)c(NCc2ccnc3ccccc23)c(Br)c1. The number of halogens is 3. The van der Waals surface area contributed by atoms with Crippen LogP contribution in [0.2, 0.25) is 0 Å². The Kier molecular flexibility index (Phi) is 4.62. The lowest BCUT2D eigenvalue weighted by molar-refractivity contribution is 1.15. The van der Waals surface area contributed by atoms with Gasteiger partial charge in [-0.05, 0) is 61.7 Å². The average molecular weight is 471 g/mol. The van der Waals surface area contributed by atoms with Gasteiger partial charge < -0.3 is 5.32 Å². The van der Waals surface area contributed by atoms with Gasteiger partial charge in [-0.25, -0.2) is 0 Å². The van der Waals surface area contributed by atoms with Gasteiger partial charge in [0.25, 0.3) is 0 Å². The third-order valence-electron chi connectivity index (χ3n) is 3.20. The Bertz CT molecular complexity index is 774. The maximum Gasteiger partial charge on any atom is 0.0705 e. The zero-order valence-corrected chi connectivity index (χ0v) is 15.7. The van der Waals surface area contributed by atoms with Crippen LogP contribution in [0.15, 0.2) is 62.1 Å². The highest BCUT2D eigenvalue weighted by molar-refractivity contribution is 9.11. The molecule has 0 aliphatic rings. The Hall–Kier alpha value is -0.910. The minimum atomic E-state index is 0.738. The lowest BCUT2D eigenvalue weighted by Gasteiger charge is -2.13. The molecule has 3 rings (SSSR count). The maximum absolute atomic E-state index is 4.39. The second-order valence-electron chi connectivity index (χ2n) is 4.59. The number of rotatable bonds is 3. The fraction of sp³-hybridized carbons (Fsp3) is 0.0625. The number of pyridine rings is 1. The fourth-order valence-corrected chi connectivity index (χ4v) is 4.74. The van der Waals surface area contributed by atoms with E-state index < -0.39 is 0 Å². The van der Waals surface area contributed by atoms with Crippen LogP contribution in [-0.2, 0) is 6.54 Å². The zero-order chi connectivity index (χ0) is 14.8. The number of hydrogen-bond donors (Lipinski definition) is 1. The van der Waals surface area contributed by atoms with Gasteiger partial charge in [0, 0.05) is 31.5 Å². The molecule has 1 N–H and O–H groups in total. The van der Waals surface area contributed by atoms with Gasteiger partial charge in [0.05, 0.1) is 11.2 Å². The van der Waals surface area contributed by atoms with Crippen molar-refractivity contribution in [3.8, 4) is 0 Å². The van der Waals surface area contributed by atoms with Crippen molar-refractivity contribution in [2.45, 2.75) is 6.54 Å². The summed E-state index contributed by atoms with van der Waals surface area (Å²) >= 11 is 10.7. The van der Waals surface area contributed by atoms with E-state index in [1.165, 1.54) is 10.9 Å². The monoisotopic (exact) mass is 468 g/mol. The molecule has 2 aromatic carbocycles. The third kappa shape index (κ3) is 3.30. The predicted octanol–water partition coefficient (Wildman–Crippen LogP) is 6.13. The van der Waals surface area contributed by atoms with Crippen molar-refractivity contribution in [1.82, 2.24) is 4.98 Å². The van der Waals surface area contributed by atoms with Crippen LogP contribution >= 0.6 is 47.8 Å². The molecule has 21 heavy (non-hydrogen) atoms. The predicted molar refractivity (Wildman–Crippen MR) is 98.6 cm³/mol. The molecule has 0 unspecified atom stereocenters. The number of nitrogens with zero attached hydrogens (tertiary/aromatic N) is 1. The first-order chi connectivity index (χ1) is 10.1. The zero-order valence-electron chi connectivity index (χ0n) is 10.9. The largest absolute Gasteiger partial charge is 0.379 e. The lowest BCUT2D eigenvalue weighted by atomic mass is 10.1. The summed E-state index contributed by atoms with van der Waals surface area (Å²) in [6.45, 7) is 0.738. The Labute approximate surface area is 148 Å². The summed E-state index contributed by atoms with van der Waals surface area (Å²) < 4.78 is 3.06. The molecule has 3 aromatic rings. The molecule has 0 fully saturated rings. The van der Waals surface area contributed by atoms with Crippen molar-refractivity contribution >= 4 is 64.4 Å². The molecule has 2 nitrogen and oxygen atoms in total. The summed E-state index contributed by atoms with van der Waals surface area (Å²) in [7, 11) is 0. The highest BCUT2D eigenvalue weighted by atomic mass is 79.9. The van der Waals surface area contributed by atoms with Gasteiger partial charge in [-0.2, -0.15) is 0 Å². The summed E-state index contributed by atoms with van der Waals surface area (Å²) in [6.07, 6.45) is 1.85. The third-order valence-corrected chi connectivity index (χ3v) is 4.91. The van der Waals surface area contributed by atoms with E-state index in [0.717, 1.165) is 31.2 Å². The normalized spacial score (nSPS) is 10.8. The van der Waals surface area contributed by atoms with Crippen molar-refractivity contribution in [3.63, 3.8) is 0 Å². The van der Waals surface area contributed by atoms with E-state index in [-0.39, 0.29) is 0 Å². The summed E-state index contributed by atoms with van der Waals surface area (Å²) in [6, 6.07) is 14.3. The van der Waals surface area contributed by atoms with E-state index in [0.29, 0.717) is 0 Å². The summed E-state index contributed by atoms with van der Waals surface area (Å²) in [5.74, 6) is 0. The van der Waals surface area contributed by atoms with Gasteiger partial charge in [0.2, 0.25) is 0 Å². The molecule has 0 bridgehead atoms. The Morgan fingerprint density at radius 2 is 1.67 bits per heavy atom. The lowest BCUT2D eigenvalue weighted by Crippen LogP contribution is -2.02. The number of aromatic nitrogens is 1. The smallest absolute Gasteiger partial charge is 0.0705 e. The van der Waals surface area contributed by atoms with Crippen LogP contribution in [0.1, 0.15) is 5.56 Å². The van der Waals surface area contributed by atoms with Crippen LogP contribution in [0.3, 0.4) is 0 Å². The van der Waals surface area contributed by atoms with E-state index in [2.05, 4.69) is 70.2 Å². The van der Waals surface area contributed by atoms with Crippen LogP contribution in [0.25, 0.3) is 10.9 Å². The highest BCUT2D eigenvalue weighted by Gasteiger charge is 2.08. The molecule has 0 atom stereocenters. The van der Waals surface area contributed by atoms with E-state index in [1.54, 1.807) is 0 Å². The fourth-order valence-electron chi connectivity index (χ4n) is 2.20. The molecule has 0 aliphatic carbocycles. The average Bonchev–Trinajstić information content (AvgIpc) is 2.46. The second kappa shape index (κ2) is 6.46. The molecule has 0 amide bonds. The standard InChI is InChI=1S/C16H11Br3N2/c17-11-7-13(18)16(14(19)8-11)21-9-10-5-6-20-15-4-2-1-3-12(10)15/h1-8,21H,9H2. The molecular formula is C16H11Br3N2. The minimum absolute atomic E-state index is 0.738. The molecule has 1 heterocycles. The van der Waals surface area contributed by atoms with E-state index in [9.17, 15) is 0 Å². The number of benzene rings is 2. The van der Waals surface area contributed by atoms with Crippen LogP contribution in [0.5, 0.6) is 0 Å². The quantitative estimate of drug-likeness (QED) is 0.497. The van der Waals surface area contributed by atoms with Crippen LogP contribution in [-0.4, -0.2) is 4.98 Å². The second-order valence-corrected chi connectivity index (χ2v) is 7.21. The van der Waals surface area contributed by atoms with E-state index in [4.69, 9.17) is 0 Å². The number of anilines is 1. The Morgan fingerprint density at radius 3 is 2.43 bits per heavy atom. The van der Waals surface area contributed by atoms with Gasteiger partial charge in [0.15, 0.2) is 0 Å². The van der Waals surface area contributed by atoms with Crippen LogP contribution < -0.4 is 5.32 Å². The van der Waals surface area contributed by atoms with E-state index in [1.807, 2.05) is 36.5 Å². The first kappa shape index (κ1) is 15.0. The van der Waals surface area contributed by atoms with Gasteiger partial charge >= 0.3 is 0 Å². The number of hydrogen-bond acceptors (Lipinski definition) is 2. The summed E-state index contributed by atoms with van der Waals surface area (Å²) in [5.41, 5.74) is 3.28. The van der Waals surface area contributed by atoms with Crippen LogP contribution in [0, 0.1) is 0 Å². The summed E-state index contributed by atoms with van der Waals surface area (Å²) in [4.78, 5) is 4.39. The van der Waals surface area contributed by atoms with Crippen molar-refractivity contribution in [2.24, 2.45) is 0 Å². The van der Waals surface area contributed by atoms with Crippen LogP contribution in [0.4, 0.5) is 5.69 Å². The first-order valence-electron chi connectivity index (χ1n) is 6.36. The molecule has 0 saturated carbocycles. The van der Waals surface area contributed by atoms with Crippen molar-refractivity contribution < 1.29 is 0 Å². The van der Waals surface area contributed by atoms with Gasteiger partial charge in [-0.3, -0.25) is 4.98 Å². The molecule has 0 saturated heterocycles. The van der Waals surface area contributed by atoms with Crippen molar-refractivity contribution in [3.05, 3.63) is 67.6 Å². The highest BCUT2D eigenvalue weighted by Crippen LogP contribution is 2.34. The minimum Gasteiger partial charge on any atom is -0.379 e. The van der Waals surface area contributed by atoms with Gasteiger partial charge in [0.1, 0.15) is 0 Å². The topological polar surface area (TPSA) is 24.9 Å². The molecule has 0 radical (unpaired) electrons. The molecule has 106 valence electrons. The van der Waals surface area contributed by atoms with Crippen molar-refractivity contribution in [1.29, 1.82) is 0 Å². The van der Waals surface area contributed by atoms with E-state index >= 15 is 0 Å². The number of para-hydroxylation sites is 1. The number of fused-ring (bicyclic) bond motifs is 1. The molecule has 5 heteroatoms. The van der Waals surface area contributed by atoms with Gasteiger partial charge in [-0.15, -0.1) is 0 Å². The number of nitrogens with one attached hydrogen (secondary N) is 1. The summed E-state index contributed by atoms with van der Waals surface area (Å²) in [5, 5.41) is 4.65. The maximum atomic E-state index is 4.39. The molecule has 0 aliphatic heterocycles.